The summed E-state index contributed by atoms with van der Waals surface area (Å²) in [6.07, 6.45) is 0. The van der Waals surface area contributed by atoms with Gasteiger partial charge >= 0.3 is 0 Å². The highest BCUT2D eigenvalue weighted by Gasteiger charge is 2.16. The third-order valence-corrected chi connectivity index (χ3v) is 4.21. The van der Waals surface area contributed by atoms with Crippen molar-refractivity contribution in [1.29, 1.82) is 0 Å². The van der Waals surface area contributed by atoms with E-state index < -0.39 is 0 Å². The van der Waals surface area contributed by atoms with Gasteiger partial charge in [0.05, 0.1) is 12.1 Å². The van der Waals surface area contributed by atoms with Crippen LogP contribution in [0.5, 0.6) is 0 Å². The predicted octanol–water partition coefficient (Wildman–Crippen LogP) is 3.22. The second kappa shape index (κ2) is 9.15. The van der Waals surface area contributed by atoms with Gasteiger partial charge in [0.25, 0.3) is 0 Å². The van der Waals surface area contributed by atoms with Gasteiger partial charge in [0, 0.05) is 35.4 Å². The monoisotopic (exact) mass is 461 g/mol. The highest BCUT2D eigenvalue weighted by Crippen LogP contribution is 2.19. The van der Waals surface area contributed by atoms with Gasteiger partial charge in [-0.1, -0.05) is 0 Å². The Labute approximate surface area is 144 Å². The highest BCUT2D eigenvalue weighted by atomic mass is 127. The Morgan fingerprint density at radius 1 is 1.47 bits per heavy atom. The molecule has 0 saturated carbocycles. The van der Waals surface area contributed by atoms with Crippen LogP contribution >= 0.6 is 51.2 Å². The minimum Gasteiger partial charge on any atom is -0.377 e. The molecule has 7 heteroatoms. The molecular weight excluding hydrogens is 441 g/mol. The van der Waals surface area contributed by atoms with Crippen molar-refractivity contribution in [2.24, 2.45) is 4.99 Å². The van der Waals surface area contributed by atoms with Gasteiger partial charge < -0.3 is 15.4 Å². The third-order valence-electron chi connectivity index (χ3n) is 2.51. The van der Waals surface area contributed by atoms with Crippen LogP contribution in [-0.4, -0.2) is 32.3 Å². The zero-order valence-electron chi connectivity index (χ0n) is 11.6. The first-order chi connectivity index (χ1) is 8.46. The average molecular weight is 462 g/mol. The van der Waals surface area contributed by atoms with E-state index in [1.54, 1.807) is 25.5 Å². The van der Waals surface area contributed by atoms with Crippen LogP contribution in [0.2, 0.25) is 0 Å². The fourth-order valence-electron chi connectivity index (χ4n) is 1.21. The molecule has 0 aliphatic carbocycles. The van der Waals surface area contributed by atoms with Crippen LogP contribution in [0.25, 0.3) is 0 Å². The quantitative estimate of drug-likeness (QED) is 0.402. The first-order valence-electron chi connectivity index (χ1n) is 5.69. The zero-order valence-corrected chi connectivity index (χ0v) is 16.4. The second-order valence-corrected chi connectivity index (χ2v) is 6.39. The van der Waals surface area contributed by atoms with Crippen molar-refractivity contribution in [3.63, 3.8) is 0 Å². The zero-order chi connectivity index (χ0) is 13.6. The molecule has 0 radical (unpaired) electrons. The summed E-state index contributed by atoms with van der Waals surface area (Å²) in [6.45, 7) is 5.54. The van der Waals surface area contributed by atoms with Crippen LogP contribution in [0.3, 0.4) is 0 Å². The summed E-state index contributed by atoms with van der Waals surface area (Å²) in [5, 5.41) is 8.58. The summed E-state index contributed by atoms with van der Waals surface area (Å²) in [6, 6.07) is 2.10. The molecule has 0 unspecified atom stereocenters. The maximum atomic E-state index is 5.35. The molecule has 19 heavy (non-hydrogen) atoms. The van der Waals surface area contributed by atoms with Crippen LogP contribution in [-0.2, 0) is 11.3 Å². The highest BCUT2D eigenvalue weighted by molar-refractivity contribution is 14.0. The topological polar surface area (TPSA) is 45.7 Å². The molecule has 1 heterocycles. The Morgan fingerprint density at radius 2 is 2.16 bits per heavy atom. The van der Waals surface area contributed by atoms with Crippen LogP contribution in [0.15, 0.2) is 20.9 Å². The maximum Gasteiger partial charge on any atom is 0.191 e. The lowest BCUT2D eigenvalue weighted by atomic mass is 10.1. The molecule has 0 spiro atoms. The van der Waals surface area contributed by atoms with Crippen molar-refractivity contribution in [2.75, 3.05) is 20.7 Å². The number of halogens is 2. The van der Waals surface area contributed by atoms with Crippen LogP contribution in [0, 0.1) is 0 Å². The first-order valence-corrected chi connectivity index (χ1v) is 7.36. The molecule has 4 nitrogen and oxygen atoms in total. The van der Waals surface area contributed by atoms with Gasteiger partial charge in [-0.05, 0) is 35.8 Å². The minimum atomic E-state index is -0.205. The Morgan fingerprint density at radius 3 is 2.63 bits per heavy atom. The summed E-state index contributed by atoms with van der Waals surface area (Å²) in [5.41, 5.74) is -0.205. The van der Waals surface area contributed by atoms with E-state index in [2.05, 4.69) is 43.0 Å². The van der Waals surface area contributed by atoms with Crippen molar-refractivity contribution in [1.82, 2.24) is 10.6 Å². The van der Waals surface area contributed by atoms with Crippen molar-refractivity contribution < 1.29 is 4.74 Å². The van der Waals surface area contributed by atoms with Crippen LogP contribution in [0.4, 0.5) is 0 Å². The number of methoxy groups -OCH3 is 1. The van der Waals surface area contributed by atoms with E-state index in [1.165, 1.54) is 4.88 Å². The van der Waals surface area contributed by atoms with Crippen molar-refractivity contribution in [3.8, 4) is 0 Å². The standard InChI is InChI=1S/C12H20BrN3OS.HI/c1-12(2,17-4)8-16-11(14-3)15-6-10-5-9(13)7-18-10;/h5,7H,6,8H2,1-4H3,(H2,14,15,16);1H. The van der Waals surface area contributed by atoms with Gasteiger partial charge in [0.15, 0.2) is 5.96 Å². The number of guanidine groups is 1. The lowest BCUT2D eigenvalue weighted by molar-refractivity contribution is 0.0268. The van der Waals surface area contributed by atoms with Crippen molar-refractivity contribution >= 4 is 57.2 Å². The van der Waals surface area contributed by atoms with Gasteiger partial charge in [0.1, 0.15) is 0 Å². The van der Waals surface area contributed by atoms with Crippen LogP contribution < -0.4 is 10.6 Å². The molecular formula is C12H21BrIN3OS. The Bertz CT molecular complexity index is 409. The second-order valence-electron chi connectivity index (χ2n) is 4.47. The normalized spacial score (nSPS) is 11.9. The molecule has 0 aliphatic rings. The Hall–Kier alpha value is 0.140. The predicted molar refractivity (Wildman–Crippen MR) is 96.7 cm³/mol. The van der Waals surface area contributed by atoms with E-state index in [0.717, 1.165) is 17.0 Å². The molecule has 0 aliphatic heterocycles. The molecule has 0 atom stereocenters. The lowest BCUT2D eigenvalue weighted by Gasteiger charge is -2.24. The average Bonchev–Trinajstić information content (AvgIpc) is 2.75. The van der Waals surface area contributed by atoms with Gasteiger partial charge in [-0.2, -0.15) is 0 Å². The fraction of sp³-hybridized carbons (Fsp3) is 0.583. The van der Waals surface area contributed by atoms with E-state index in [1.807, 2.05) is 13.8 Å². The van der Waals surface area contributed by atoms with Crippen molar-refractivity contribution in [3.05, 3.63) is 20.8 Å². The van der Waals surface area contributed by atoms with Gasteiger partial charge in [0.2, 0.25) is 0 Å². The molecule has 1 aromatic heterocycles. The summed E-state index contributed by atoms with van der Waals surface area (Å²) in [5.74, 6) is 0.782. The molecule has 0 bridgehead atoms. The number of hydrogen-bond donors (Lipinski definition) is 2. The number of ether oxygens (including phenoxy) is 1. The number of nitrogens with zero attached hydrogens (tertiary/aromatic N) is 1. The van der Waals surface area contributed by atoms with E-state index in [4.69, 9.17) is 4.74 Å². The summed E-state index contributed by atoms with van der Waals surface area (Å²) in [4.78, 5) is 5.44. The van der Waals surface area contributed by atoms with E-state index in [0.29, 0.717) is 6.54 Å². The van der Waals surface area contributed by atoms with Crippen LogP contribution in [0.1, 0.15) is 18.7 Å². The van der Waals surface area contributed by atoms with E-state index in [9.17, 15) is 0 Å². The first kappa shape index (κ1) is 19.1. The summed E-state index contributed by atoms with van der Waals surface area (Å²) >= 11 is 5.16. The lowest BCUT2D eigenvalue weighted by Crippen LogP contribution is -2.44. The fourth-order valence-corrected chi connectivity index (χ4v) is 2.60. The summed E-state index contributed by atoms with van der Waals surface area (Å²) in [7, 11) is 3.47. The Kier molecular flexibility index (Phi) is 9.21. The minimum absolute atomic E-state index is 0. The largest absolute Gasteiger partial charge is 0.377 e. The molecule has 0 aromatic carbocycles. The van der Waals surface area contributed by atoms with Gasteiger partial charge in [-0.25, -0.2) is 0 Å². The molecule has 110 valence electrons. The molecule has 1 aromatic rings. The number of rotatable bonds is 5. The number of aliphatic imine (C=N–C) groups is 1. The molecule has 0 fully saturated rings. The number of nitrogens with one attached hydrogen (secondary N) is 2. The van der Waals surface area contributed by atoms with E-state index >= 15 is 0 Å². The molecule has 0 saturated heterocycles. The molecule has 2 N–H and O–H groups in total. The third kappa shape index (κ3) is 7.48. The SMILES string of the molecule is CN=C(NCc1cc(Br)cs1)NCC(C)(C)OC.I. The number of hydrogen-bond acceptors (Lipinski definition) is 3. The Balaban J connectivity index is 0.00000324. The maximum absolute atomic E-state index is 5.35. The molecule has 1 rings (SSSR count). The summed E-state index contributed by atoms with van der Waals surface area (Å²) < 4.78 is 6.47. The smallest absolute Gasteiger partial charge is 0.191 e. The number of thiophene rings is 1. The van der Waals surface area contributed by atoms with Gasteiger partial charge in [-0.15, -0.1) is 35.3 Å². The molecule has 0 amide bonds. The van der Waals surface area contributed by atoms with E-state index in [-0.39, 0.29) is 29.6 Å². The van der Waals surface area contributed by atoms with Crippen molar-refractivity contribution in [2.45, 2.75) is 26.0 Å². The van der Waals surface area contributed by atoms with Gasteiger partial charge in [-0.3, -0.25) is 4.99 Å².